The number of nitrogens with zero attached hydrogens (tertiary/aromatic N) is 1. The van der Waals surface area contributed by atoms with Crippen LogP contribution in [0.15, 0.2) is 40.5 Å². The first kappa shape index (κ1) is 39.5. The van der Waals surface area contributed by atoms with Crippen LogP contribution in [0.5, 0.6) is 0 Å². The predicted molar refractivity (Wildman–Crippen MR) is 180 cm³/mol. The second-order valence-corrected chi connectivity index (χ2v) is 16.0. The number of aryl methyl sites for hydroxylation is 1. The Bertz CT molecular complexity index is 1580. The highest BCUT2D eigenvalue weighted by Gasteiger charge is 2.69. The Morgan fingerprint density at radius 3 is 2.34 bits per heavy atom. The van der Waals surface area contributed by atoms with Gasteiger partial charge < -0.3 is 23.7 Å². The van der Waals surface area contributed by atoms with Gasteiger partial charge in [0.2, 0.25) is 6.10 Å². The standard InChI is InChI=1S/C36H51NO12S/c1-10-11-17-36-25(16-18-47-50(42,43)24-14-12-21(2)13-15-24)30(39)28(22(3)29(38)32-31(45-9)23(4)33(40)48-32)26(19-27(36)46-20-44-8)37(36)34(41)49-35(5,6)7/h12-15,22,25-28,32H,10-11,16-20H2,1-9H3/t22-,25-,26-,27-,28+,32?,36-/m0/s1. The second kappa shape index (κ2) is 15.5. The predicted octanol–water partition coefficient (Wildman–Crippen LogP) is 4.88. The zero-order valence-electron chi connectivity index (χ0n) is 30.5. The van der Waals surface area contributed by atoms with Gasteiger partial charge in [-0.25, -0.2) is 9.59 Å². The summed E-state index contributed by atoms with van der Waals surface area (Å²) in [5.41, 5.74) is -1.15. The lowest BCUT2D eigenvalue weighted by Crippen LogP contribution is -2.68. The number of carbonyl (C=O) groups is 4. The van der Waals surface area contributed by atoms with Crippen LogP contribution in [-0.4, -0.2) is 94.0 Å². The third-order valence-corrected chi connectivity index (χ3v) is 11.3. The van der Waals surface area contributed by atoms with E-state index in [0.717, 1.165) is 12.0 Å². The van der Waals surface area contributed by atoms with Crippen LogP contribution in [-0.2, 0) is 52.4 Å². The second-order valence-electron chi connectivity index (χ2n) is 14.3. The Morgan fingerprint density at radius 2 is 1.76 bits per heavy atom. The van der Waals surface area contributed by atoms with Crippen molar-refractivity contribution in [2.75, 3.05) is 27.6 Å². The number of amides is 1. The van der Waals surface area contributed by atoms with Gasteiger partial charge in [0.05, 0.1) is 35.8 Å². The van der Waals surface area contributed by atoms with Gasteiger partial charge >= 0.3 is 12.1 Å². The normalized spacial score (nSPS) is 27.4. The van der Waals surface area contributed by atoms with Gasteiger partial charge in [-0.1, -0.05) is 44.4 Å². The maximum atomic E-state index is 15.0. The average molecular weight is 722 g/mol. The fourth-order valence-corrected chi connectivity index (χ4v) is 8.61. The molecule has 0 N–H and O–H groups in total. The number of esters is 1. The lowest BCUT2D eigenvalue weighted by molar-refractivity contribution is -0.162. The Balaban J connectivity index is 1.82. The minimum Gasteiger partial charge on any atom is -0.496 e. The number of fused-ring (bicyclic) bond motifs is 2. The third-order valence-electron chi connectivity index (χ3n) is 9.95. The van der Waals surface area contributed by atoms with Crippen LogP contribution >= 0.6 is 0 Å². The monoisotopic (exact) mass is 721 g/mol. The van der Waals surface area contributed by atoms with Gasteiger partial charge in [-0.3, -0.25) is 18.7 Å². The highest BCUT2D eigenvalue weighted by Crippen LogP contribution is 2.55. The van der Waals surface area contributed by atoms with Gasteiger partial charge in [0.15, 0.2) is 11.5 Å². The molecule has 1 amide bonds. The summed E-state index contributed by atoms with van der Waals surface area (Å²) in [7, 11) is -1.39. The first-order chi connectivity index (χ1) is 23.4. The van der Waals surface area contributed by atoms with Crippen molar-refractivity contribution in [1.29, 1.82) is 0 Å². The molecule has 3 aliphatic heterocycles. The van der Waals surface area contributed by atoms with Crippen LogP contribution in [0.2, 0.25) is 0 Å². The number of ketones is 2. The van der Waals surface area contributed by atoms with Crippen LogP contribution in [0.3, 0.4) is 0 Å². The van der Waals surface area contributed by atoms with Crippen molar-refractivity contribution >= 4 is 33.7 Å². The molecule has 50 heavy (non-hydrogen) atoms. The van der Waals surface area contributed by atoms with Crippen molar-refractivity contribution in [3.8, 4) is 0 Å². The van der Waals surface area contributed by atoms with Crippen molar-refractivity contribution < 1.29 is 55.5 Å². The van der Waals surface area contributed by atoms with Crippen molar-refractivity contribution in [3.63, 3.8) is 0 Å². The lowest BCUT2D eigenvalue weighted by atomic mass is 9.65. The lowest BCUT2D eigenvalue weighted by Gasteiger charge is -2.53. The van der Waals surface area contributed by atoms with E-state index in [4.69, 9.17) is 27.9 Å². The van der Waals surface area contributed by atoms with E-state index < -0.39 is 75.1 Å². The van der Waals surface area contributed by atoms with Gasteiger partial charge in [0.25, 0.3) is 10.1 Å². The van der Waals surface area contributed by atoms with Crippen molar-refractivity contribution in [2.24, 2.45) is 17.8 Å². The number of hydrogen-bond acceptors (Lipinski definition) is 12. The Hall–Kier alpha value is -3.33. The molecule has 0 spiro atoms. The fraction of sp³-hybridized carbons (Fsp3) is 0.667. The SMILES string of the molecule is CCCC[C@@]12[C@@H](OCOC)C[C@@H]([C@@H]([C@H](C)C(=O)C3OC(=O)C(C)=C3OC)C(=O)[C@@H]1CCOS(=O)(=O)c1ccc(C)cc1)N2C(=O)OC(C)(C)C. The number of piperidine rings is 1. The maximum Gasteiger partial charge on any atom is 0.411 e. The number of carbonyl (C=O) groups excluding carboxylic acids is 4. The maximum absolute atomic E-state index is 15.0. The molecule has 4 rings (SSSR count). The quantitative estimate of drug-likeness (QED) is 0.137. The van der Waals surface area contributed by atoms with Crippen LogP contribution in [0.1, 0.15) is 79.2 Å². The molecule has 14 heteroatoms. The van der Waals surface area contributed by atoms with E-state index in [1.807, 2.05) is 13.8 Å². The summed E-state index contributed by atoms with van der Waals surface area (Å²) in [6, 6.07) is 5.38. The minimum absolute atomic E-state index is 0.0307. The molecule has 13 nitrogen and oxygen atoms in total. The largest absolute Gasteiger partial charge is 0.496 e. The first-order valence-electron chi connectivity index (χ1n) is 17.1. The number of rotatable bonds is 15. The number of unbranched alkanes of at least 4 members (excludes halogenated alkanes) is 1. The molecule has 0 aromatic heterocycles. The van der Waals surface area contributed by atoms with E-state index in [9.17, 15) is 27.6 Å². The van der Waals surface area contributed by atoms with E-state index in [1.165, 1.54) is 33.3 Å². The van der Waals surface area contributed by atoms with E-state index in [1.54, 1.807) is 44.7 Å². The van der Waals surface area contributed by atoms with Gasteiger partial charge in [-0.2, -0.15) is 8.42 Å². The molecule has 0 saturated carbocycles. The van der Waals surface area contributed by atoms with Crippen LogP contribution in [0, 0.1) is 24.7 Å². The number of benzene rings is 1. The molecule has 278 valence electrons. The Labute approximate surface area is 295 Å². The van der Waals surface area contributed by atoms with Crippen molar-refractivity contribution in [1.82, 2.24) is 4.90 Å². The van der Waals surface area contributed by atoms with E-state index in [2.05, 4.69) is 0 Å². The molecule has 2 saturated heterocycles. The van der Waals surface area contributed by atoms with Gasteiger partial charge in [0.1, 0.15) is 18.2 Å². The highest BCUT2D eigenvalue weighted by molar-refractivity contribution is 7.86. The number of ether oxygens (including phenoxy) is 5. The number of methoxy groups -OCH3 is 2. The van der Waals surface area contributed by atoms with Gasteiger partial charge in [-0.15, -0.1) is 0 Å². The number of Topliss-reactive ketones (excluding diaryl/α,β-unsaturated/α-hetero) is 2. The zero-order valence-corrected chi connectivity index (χ0v) is 31.3. The van der Waals surface area contributed by atoms with Crippen LogP contribution in [0.25, 0.3) is 0 Å². The van der Waals surface area contributed by atoms with Crippen LogP contribution in [0.4, 0.5) is 4.79 Å². The average Bonchev–Trinajstić information content (AvgIpc) is 3.49. The summed E-state index contributed by atoms with van der Waals surface area (Å²) in [5.74, 6) is -4.70. The van der Waals surface area contributed by atoms with E-state index in [-0.39, 0.29) is 48.3 Å². The summed E-state index contributed by atoms with van der Waals surface area (Å²) < 4.78 is 60.2. The summed E-state index contributed by atoms with van der Waals surface area (Å²) in [6.07, 6.45) is -1.05. The Morgan fingerprint density at radius 1 is 1.10 bits per heavy atom. The molecule has 0 aliphatic carbocycles. The summed E-state index contributed by atoms with van der Waals surface area (Å²) >= 11 is 0. The smallest absolute Gasteiger partial charge is 0.411 e. The van der Waals surface area contributed by atoms with Crippen molar-refractivity contribution in [3.05, 3.63) is 41.2 Å². The molecule has 1 unspecified atom stereocenters. The summed E-state index contributed by atoms with van der Waals surface area (Å²) in [6.45, 7) is 11.6. The molecular weight excluding hydrogens is 670 g/mol. The first-order valence-corrected chi connectivity index (χ1v) is 18.5. The Kier molecular flexibility index (Phi) is 12.2. The molecule has 7 atom stereocenters. The topological polar surface area (TPSA) is 161 Å². The molecule has 2 bridgehead atoms. The molecular formula is C36H51NO12S. The zero-order chi connectivity index (χ0) is 37.2. The highest BCUT2D eigenvalue weighted by atomic mass is 32.2. The molecule has 0 radical (unpaired) electrons. The van der Waals surface area contributed by atoms with E-state index in [0.29, 0.717) is 12.8 Å². The van der Waals surface area contributed by atoms with Crippen molar-refractivity contribution in [2.45, 2.75) is 115 Å². The number of hydrogen-bond donors (Lipinski definition) is 0. The molecule has 3 aliphatic rings. The minimum atomic E-state index is -4.19. The van der Waals surface area contributed by atoms with Crippen LogP contribution < -0.4 is 0 Å². The molecule has 1 aromatic rings. The summed E-state index contributed by atoms with van der Waals surface area (Å²) in [4.78, 5) is 57.4. The van der Waals surface area contributed by atoms with Gasteiger partial charge in [0, 0.05) is 30.9 Å². The molecule has 1 aromatic carbocycles. The molecule has 3 heterocycles. The fourth-order valence-electron chi connectivity index (χ4n) is 7.68. The third kappa shape index (κ3) is 7.63. The summed E-state index contributed by atoms with van der Waals surface area (Å²) in [5, 5.41) is 0. The van der Waals surface area contributed by atoms with Gasteiger partial charge in [-0.05, 0) is 66.0 Å². The molecule has 2 fully saturated rings. The van der Waals surface area contributed by atoms with E-state index >= 15 is 0 Å². The number of cyclic esters (lactones) is 1.